The molecule has 0 spiro atoms. The minimum Gasteiger partial charge on any atom is -0.194 e. The second-order valence-electron chi connectivity index (χ2n) is 5.21. The molecule has 3 rings (SSSR count). The summed E-state index contributed by atoms with van der Waals surface area (Å²) in [6.07, 6.45) is 0. The molecule has 1 aliphatic carbocycles. The SMILES string of the molecule is FC1(F)C(c2ccccc2)=C(c2ccccc2)C(F)(F)C1(F)F. The van der Waals surface area contributed by atoms with Crippen molar-refractivity contribution in [2.24, 2.45) is 0 Å². The van der Waals surface area contributed by atoms with Crippen molar-refractivity contribution in [3.8, 4) is 0 Å². The summed E-state index contributed by atoms with van der Waals surface area (Å²) in [5.74, 6) is -15.5. The number of halogens is 6. The van der Waals surface area contributed by atoms with Gasteiger partial charge in [-0.1, -0.05) is 60.7 Å². The van der Waals surface area contributed by atoms with E-state index < -0.39 is 28.9 Å². The molecule has 1 aliphatic rings. The highest BCUT2D eigenvalue weighted by Crippen LogP contribution is 2.64. The van der Waals surface area contributed by atoms with Gasteiger partial charge in [0.1, 0.15) is 0 Å². The molecule has 0 radical (unpaired) electrons. The molecule has 0 N–H and O–H groups in total. The number of allylic oxidation sites excluding steroid dienone is 2. The molecular formula is C17H10F6. The van der Waals surface area contributed by atoms with Crippen LogP contribution in [0, 0.1) is 0 Å². The van der Waals surface area contributed by atoms with Gasteiger partial charge in [-0.3, -0.25) is 0 Å². The Balaban J connectivity index is 2.39. The number of hydrogen-bond donors (Lipinski definition) is 0. The lowest BCUT2D eigenvalue weighted by molar-refractivity contribution is -0.254. The summed E-state index contributed by atoms with van der Waals surface area (Å²) in [6, 6.07) is 12.7. The van der Waals surface area contributed by atoms with Crippen LogP contribution < -0.4 is 0 Å². The molecule has 6 heteroatoms. The van der Waals surface area contributed by atoms with E-state index in [-0.39, 0.29) is 11.1 Å². The standard InChI is InChI=1S/C17H10F6/c18-15(19)13(11-7-3-1-4-8-11)14(12-9-5-2-6-10-12)16(20,21)17(15,22)23/h1-10H. The third-order valence-electron chi connectivity index (χ3n) is 3.79. The molecule has 2 aromatic carbocycles. The maximum absolute atomic E-state index is 14.2. The number of alkyl halides is 6. The van der Waals surface area contributed by atoms with Gasteiger partial charge in [-0.15, -0.1) is 0 Å². The van der Waals surface area contributed by atoms with Gasteiger partial charge in [-0.05, 0) is 11.1 Å². The average Bonchev–Trinajstić information content (AvgIpc) is 2.63. The van der Waals surface area contributed by atoms with E-state index in [2.05, 4.69) is 0 Å². The van der Waals surface area contributed by atoms with E-state index in [0.717, 1.165) is 24.3 Å². The molecule has 0 nitrogen and oxygen atoms in total. The van der Waals surface area contributed by atoms with E-state index in [9.17, 15) is 26.3 Å². The Morgan fingerprint density at radius 2 is 0.783 bits per heavy atom. The molecule has 0 fully saturated rings. The van der Waals surface area contributed by atoms with E-state index in [1.807, 2.05) is 0 Å². The fourth-order valence-electron chi connectivity index (χ4n) is 2.69. The van der Waals surface area contributed by atoms with Crippen LogP contribution in [0.3, 0.4) is 0 Å². The van der Waals surface area contributed by atoms with Crippen molar-refractivity contribution in [1.82, 2.24) is 0 Å². The van der Waals surface area contributed by atoms with Gasteiger partial charge < -0.3 is 0 Å². The lowest BCUT2D eigenvalue weighted by Crippen LogP contribution is -2.48. The zero-order chi connectivity index (χ0) is 16.9. The number of rotatable bonds is 2. The highest BCUT2D eigenvalue weighted by atomic mass is 19.3. The van der Waals surface area contributed by atoms with Crippen LogP contribution >= 0.6 is 0 Å². The fourth-order valence-corrected chi connectivity index (χ4v) is 2.69. The molecule has 120 valence electrons. The smallest absolute Gasteiger partial charge is 0.194 e. The number of hydrogen-bond acceptors (Lipinski definition) is 0. The predicted octanol–water partition coefficient (Wildman–Crippen LogP) is 5.52. The van der Waals surface area contributed by atoms with Gasteiger partial charge in [-0.25, -0.2) is 0 Å². The van der Waals surface area contributed by atoms with Gasteiger partial charge in [-0.2, -0.15) is 26.3 Å². The third kappa shape index (κ3) is 2.00. The molecule has 0 atom stereocenters. The molecule has 0 aromatic heterocycles. The van der Waals surface area contributed by atoms with Crippen LogP contribution in [0.25, 0.3) is 11.1 Å². The second kappa shape index (κ2) is 4.88. The van der Waals surface area contributed by atoms with Crippen molar-refractivity contribution >= 4 is 11.1 Å². The molecule has 0 heterocycles. The Kier molecular flexibility index (Phi) is 3.32. The van der Waals surface area contributed by atoms with Crippen molar-refractivity contribution in [3.05, 3.63) is 71.8 Å². The molecule has 2 aromatic rings. The number of benzene rings is 2. The van der Waals surface area contributed by atoms with Crippen LogP contribution in [0.2, 0.25) is 0 Å². The van der Waals surface area contributed by atoms with E-state index >= 15 is 0 Å². The van der Waals surface area contributed by atoms with Crippen molar-refractivity contribution in [2.75, 3.05) is 0 Å². The van der Waals surface area contributed by atoms with Gasteiger partial charge in [0.05, 0.1) is 0 Å². The van der Waals surface area contributed by atoms with Crippen LogP contribution in [-0.2, 0) is 0 Å². The summed E-state index contributed by atoms with van der Waals surface area (Å²) in [5, 5.41) is 0. The second-order valence-corrected chi connectivity index (χ2v) is 5.21. The monoisotopic (exact) mass is 328 g/mol. The van der Waals surface area contributed by atoms with Crippen LogP contribution in [0.15, 0.2) is 60.7 Å². The van der Waals surface area contributed by atoms with Gasteiger partial charge in [0.15, 0.2) is 0 Å². The molecule has 0 saturated carbocycles. The highest BCUT2D eigenvalue weighted by Gasteiger charge is 2.80. The summed E-state index contributed by atoms with van der Waals surface area (Å²) in [7, 11) is 0. The van der Waals surface area contributed by atoms with Crippen molar-refractivity contribution < 1.29 is 26.3 Å². The molecule has 0 bridgehead atoms. The minimum absolute atomic E-state index is 0.354. The lowest BCUT2D eigenvalue weighted by Gasteiger charge is -2.25. The molecule has 0 unspecified atom stereocenters. The Labute approximate surface area is 128 Å². The largest absolute Gasteiger partial charge is 0.380 e. The Morgan fingerprint density at radius 1 is 0.478 bits per heavy atom. The maximum Gasteiger partial charge on any atom is 0.380 e. The first kappa shape index (κ1) is 15.6. The van der Waals surface area contributed by atoms with Gasteiger partial charge in [0.2, 0.25) is 0 Å². The fraction of sp³-hybridized carbons (Fsp3) is 0.176. The first-order valence-electron chi connectivity index (χ1n) is 6.71. The molecule has 0 amide bonds. The van der Waals surface area contributed by atoms with Crippen LogP contribution in [-0.4, -0.2) is 17.8 Å². The van der Waals surface area contributed by atoms with E-state index in [4.69, 9.17) is 0 Å². The Hall–Kier alpha value is -2.24. The summed E-state index contributed by atoms with van der Waals surface area (Å²) in [6.45, 7) is 0. The first-order valence-corrected chi connectivity index (χ1v) is 6.71. The minimum atomic E-state index is -5.50. The van der Waals surface area contributed by atoms with Crippen LogP contribution in [0.5, 0.6) is 0 Å². The molecule has 0 saturated heterocycles. The highest BCUT2D eigenvalue weighted by molar-refractivity contribution is 6.00. The van der Waals surface area contributed by atoms with Gasteiger partial charge in [0, 0.05) is 11.1 Å². The van der Waals surface area contributed by atoms with E-state index in [0.29, 0.717) is 0 Å². The van der Waals surface area contributed by atoms with Crippen LogP contribution in [0.4, 0.5) is 26.3 Å². The van der Waals surface area contributed by atoms with Gasteiger partial charge in [0.25, 0.3) is 0 Å². The quantitative estimate of drug-likeness (QED) is 0.637. The Morgan fingerprint density at radius 3 is 1.09 bits per heavy atom. The maximum atomic E-state index is 14.2. The summed E-state index contributed by atoms with van der Waals surface area (Å²) in [5.41, 5.74) is -3.37. The molecule has 0 aliphatic heterocycles. The zero-order valence-electron chi connectivity index (χ0n) is 11.5. The lowest BCUT2D eigenvalue weighted by atomic mass is 9.95. The Bertz CT molecular complexity index is 684. The third-order valence-corrected chi connectivity index (χ3v) is 3.79. The molecular weight excluding hydrogens is 318 g/mol. The normalized spacial score (nSPS) is 21.5. The summed E-state index contributed by atoms with van der Waals surface area (Å²) in [4.78, 5) is 0. The zero-order valence-corrected chi connectivity index (χ0v) is 11.5. The summed E-state index contributed by atoms with van der Waals surface area (Å²) < 4.78 is 84.5. The van der Waals surface area contributed by atoms with Crippen molar-refractivity contribution in [2.45, 2.75) is 17.8 Å². The summed E-state index contributed by atoms with van der Waals surface area (Å²) >= 11 is 0. The van der Waals surface area contributed by atoms with Crippen molar-refractivity contribution in [3.63, 3.8) is 0 Å². The molecule has 23 heavy (non-hydrogen) atoms. The first-order chi connectivity index (χ1) is 10.7. The van der Waals surface area contributed by atoms with E-state index in [1.54, 1.807) is 0 Å². The van der Waals surface area contributed by atoms with Crippen LogP contribution in [0.1, 0.15) is 11.1 Å². The van der Waals surface area contributed by atoms with Gasteiger partial charge >= 0.3 is 17.8 Å². The average molecular weight is 328 g/mol. The van der Waals surface area contributed by atoms with E-state index in [1.165, 1.54) is 36.4 Å². The topological polar surface area (TPSA) is 0 Å². The van der Waals surface area contributed by atoms with Crippen molar-refractivity contribution in [1.29, 1.82) is 0 Å². The predicted molar refractivity (Wildman–Crippen MR) is 74.5 cm³/mol.